The fraction of sp³-hybridized carbons (Fsp3) is 0. The Hall–Kier alpha value is -1.57. The number of pyridine rings is 1. The molecule has 0 amide bonds. The summed E-state index contributed by atoms with van der Waals surface area (Å²) >= 11 is 9.29. The van der Waals surface area contributed by atoms with E-state index in [4.69, 9.17) is 21.6 Å². The number of nitriles is 1. The second kappa shape index (κ2) is 5.17. The quantitative estimate of drug-likeness (QED) is 0.836. The average molecular weight is 310 g/mol. The Morgan fingerprint density at radius 2 is 2.12 bits per heavy atom. The molecule has 0 N–H and O–H groups in total. The van der Waals surface area contributed by atoms with Gasteiger partial charge in [0.1, 0.15) is 11.5 Å². The van der Waals surface area contributed by atoms with E-state index in [1.807, 2.05) is 6.07 Å². The van der Waals surface area contributed by atoms with Crippen LogP contribution >= 0.6 is 27.5 Å². The molecular formula is C12H6BrClN2O. The first-order valence-corrected chi connectivity index (χ1v) is 5.84. The molecule has 84 valence electrons. The van der Waals surface area contributed by atoms with Crippen LogP contribution in [0.2, 0.25) is 5.02 Å². The highest BCUT2D eigenvalue weighted by Gasteiger charge is 2.05. The molecule has 0 saturated heterocycles. The maximum absolute atomic E-state index is 8.71. The van der Waals surface area contributed by atoms with Gasteiger partial charge in [-0.2, -0.15) is 5.26 Å². The van der Waals surface area contributed by atoms with Gasteiger partial charge in [-0.05, 0) is 40.2 Å². The van der Waals surface area contributed by atoms with E-state index in [9.17, 15) is 0 Å². The van der Waals surface area contributed by atoms with Crippen molar-refractivity contribution in [3.8, 4) is 17.6 Å². The van der Waals surface area contributed by atoms with Crippen LogP contribution in [0.25, 0.3) is 0 Å². The van der Waals surface area contributed by atoms with Gasteiger partial charge in [0.2, 0.25) is 0 Å². The summed E-state index contributed by atoms with van der Waals surface area (Å²) in [4.78, 5) is 3.98. The van der Waals surface area contributed by atoms with Crippen molar-refractivity contribution in [2.75, 3.05) is 0 Å². The molecule has 2 rings (SSSR count). The molecule has 0 aliphatic heterocycles. The summed E-state index contributed by atoms with van der Waals surface area (Å²) < 4.78 is 6.37. The smallest absolute Gasteiger partial charge is 0.146 e. The zero-order valence-corrected chi connectivity index (χ0v) is 10.9. The summed E-state index contributed by atoms with van der Waals surface area (Å²) in [7, 11) is 0. The van der Waals surface area contributed by atoms with E-state index in [1.54, 1.807) is 36.7 Å². The molecule has 1 aromatic heterocycles. The molecule has 17 heavy (non-hydrogen) atoms. The van der Waals surface area contributed by atoms with E-state index >= 15 is 0 Å². The highest BCUT2D eigenvalue weighted by Crippen LogP contribution is 2.30. The second-order valence-electron chi connectivity index (χ2n) is 3.20. The number of hydrogen-bond acceptors (Lipinski definition) is 3. The molecule has 0 aliphatic rings. The molecule has 0 radical (unpaired) electrons. The molecule has 3 nitrogen and oxygen atoms in total. The van der Waals surface area contributed by atoms with E-state index in [0.717, 1.165) is 4.47 Å². The number of benzene rings is 1. The van der Waals surface area contributed by atoms with Gasteiger partial charge in [-0.3, -0.25) is 4.98 Å². The molecular weight excluding hydrogens is 304 g/mol. The van der Waals surface area contributed by atoms with Gasteiger partial charge in [0, 0.05) is 10.7 Å². The number of nitrogens with zero attached hydrogens (tertiary/aromatic N) is 2. The van der Waals surface area contributed by atoms with Gasteiger partial charge in [0.25, 0.3) is 0 Å². The average Bonchev–Trinajstić information content (AvgIpc) is 2.32. The lowest BCUT2D eigenvalue weighted by molar-refractivity contribution is 0.480. The number of halogens is 2. The van der Waals surface area contributed by atoms with Crippen molar-refractivity contribution in [2.45, 2.75) is 0 Å². The first-order chi connectivity index (χ1) is 8.19. The Kier molecular flexibility index (Phi) is 3.62. The van der Waals surface area contributed by atoms with Crippen molar-refractivity contribution < 1.29 is 4.74 Å². The van der Waals surface area contributed by atoms with Crippen LogP contribution < -0.4 is 4.74 Å². The monoisotopic (exact) mass is 308 g/mol. The zero-order valence-electron chi connectivity index (χ0n) is 8.52. The minimum atomic E-state index is 0.393. The predicted octanol–water partition coefficient (Wildman–Crippen LogP) is 4.16. The maximum Gasteiger partial charge on any atom is 0.146 e. The number of aromatic nitrogens is 1. The van der Waals surface area contributed by atoms with Crippen LogP contribution in [0.5, 0.6) is 11.5 Å². The van der Waals surface area contributed by atoms with E-state index in [2.05, 4.69) is 20.9 Å². The number of ether oxygens (including phenoxy) is 1. The van der Waals surface area contributed by atoms with Gasteiger partial charge in [-0.25, -0.2) is 0 Å². The third kappa shape index (κ3) is 2.96. The minimum absolute atomic E-state index is 0.393. The first kappa shape index (κ1) is 11.9. The van der Waals surface area contributed by atoms with E-state index in [0.29, 0.717) is 22.1 Å². The Bertz CT molecular complexity index is 595. The lowest BCUT2D eigenvalue weighted by Gasteiger charge is -2.07. The van der Waals surface area contributed by atoms with Crippen LogP contribution in [-0.2, 0) is 0 Å². The molecule has 0 spiro atoms. The van der Waals surface area contributed by atoms with Gasteiger partial charge in [-0.15, -0.1) is 0 Å². The van der Waals surface area contributed by atoms with Crippen molar-refractivity contribution in [1.82, 2.24) is 4.98 Å². The minimum Gasteiger partial charge on any atom is -0.454 e. The van der Waals surface area contributed by atoms with Gasteiger partial charge < -0.3 is 4.74 Å². The third-order valence-corrected chi connectivity index (χ3v) is 2.70. The molecule has 0 saturated carbocycles. The molecule has 0 bridgehead atoms. The lowest BCUT2D eigenvalue weighted by Crippen LogP contribution is -1.87. The normalized spacial score (nSPS) is 9.71. The molecule has 0 fully saturated rings. The summed E-state index contributed by atoms with van der Waals surface area (Å²) in [5.74, 6) is 1.07. The lowest BCUT2D eigenvalue weighted by atomic mass is 10.2. The second-order valence-corrected chi connectivity index (χ2v) is 4.52. The van der Waals surface area contributed by atoms with Crippen LogP contribution in [0, 0.1) is 11.3 Å². The van der Waals surface area contributed by atoms with E-state index in [-0.39, 0.29) is 0 Å². The highest BCUT2D eigenvalue weighted by atomic mass is 79.9. The van der Waals surface area contributed by atoms with Gasteiger partial charge in [0.05, 0.1) is 22.9 Å². The molecule has 0 aliphatic carbocycles. The summed E-state index contributed by atoms with van der Waals surface area (Å²) in [6.45, 7) is 0. The van der Waals surface area contributed by atoms with Gasteiger partial charge >= 0.3 is 0 Å². The molecule has 1 aromatic carbocycles. The summed E-state index contributed by atoms with van der Waals surface area (Å²) in [5, 5.41) is 9.11. The van der Waals surface area contributed by atoms with Crippen LogP contribution in [0.15, 0.2) is 41.1 Å². The molecule has 0 unspecified atom stereocenters. The Labute approximate surface area is 112 Å². The Morgan fingerprint density at radius 1 is 1.29 bits per heavy atom. The fourth-order valence-electron chi connectivity index (χ4n) is 1.23. The first-order valence-electron chi connectivity index (χ1n) is 4.67. The Balaban J connectivity index is 2.28. The Morgan fingerprint density at radius 3 is 2.76 bits per heavy atom. The molecule has 2 aromatic rings. The molecule has 1 heterocycles. The van der Waals surface area contributed by atoms with Crippen molar-refractivity contribution in [3.05, 3.63) is 51.7 Å². The van der Waals surface area contributed by atoms with E-state index in [1.165, 1.54) is 0 Å². The van der Waals surface area contributed by atoms with Crippen LogP contribution in [0.1, 0.15) is 5.56 Å². The van der Waals surface area contributed by atoms with Crippen molar-refractivity contribution in [1.29, 1.82) is 5.26 Å². The summed E-state index contributed by atoms with van der Waals surface area (Å²) in [6, 6.07) is 8.65. The van der Waals surface area contributed by atoms with Crippen molar-refractivity contribution in [3.63, 3.8) is 0 Å². The number of hydrogen-bond donors (Lipinski definition) is 0. The van der Waals surface area contributed by atoms with Gasteiger partial charge in [-0.1, -0.05) is 11.6 Å². The SMILES string of the molecule is N#Cc1ccc(Oc2cncc(Br)c2)c(Cl)c1. The number of rotatable bonds is 2. The summed E-state index contributed by atoms with van der Waals surface area (Å²) in [6.07, 6.45) is 3.24. The predicted molar refractivity (Wildman–Crippen MR) is 68.2 cm³/mol. The topological polar surface area (TPSA) is 45.9 Å². The van der Waals surface area contributed by atoms with Gasteiger partial charge in [0.15, 0.2) is 0 Å². The van der Waals surface area contributed by atoms with E-state index < -0.39 is 0 Å². The zero-order chi connectivity index (χ0) is 12.3. The van der Waals surface area contributed by atoms with Crippen LogP contribution in [0.4, 0.5) is 0 Å². The summed E-state index contributed by atoms with van der Waals surface area (Å²) in [5.41, 5.74) is 0.495. The van der Waals surface area contributed by atoms with Crippen LogP contribution in [0.3, 0.4) is 0 Å². The van der Waals surface area contributed by atoms with Crippen molar-refractivity contribution in [2.24, 2.45) is 0 Å². The highest BCUT2D eigenvalue weighted by molar-refractivity contribution is 9.10. The largest absolute Gasteiger partial charge is 0.454 e. The molecule has 0 atom stereocenters. The van der Waals surface area contributed by atoms with Crippen molar-refractivity contribution >= 4 is 27.5 Å². The third-order valence-electron chi connectivity index (χ3n) is 1.97. The van der Waals surface area contributed by atoms with Crippen LogP contribution in [-0.4, -0.2) is 4.98 Å². The molecule has 5 heteroatoms. The maximum atomic E-state index is 8.71. The fourth-order valence-corrected chi connectivity index (χ4v) is 1.79. The standard InChI is InChI=1S/C12H6BrClN2O/c13-9-4-10(7-16-6-9)17-12-2-1-8(5-15)3-11(12)14/h1-4,6-7H.